The maximum atomic E-state index is 10.6. The van der Waals surface area contributed by atoms with Crippen molar-refractivity contribution >= 4 is 11.9 Å². The highest BCUT2D eigenvalue weighted by molar-refractivity contribution is 5.66. The van der Waals surface area contributed by atoms with Crippen LogP contribution in [0.3, 0.4) is 0 Å². The van der Waals surface area contributed by atoms with Crippen LogP contribution in [0.15, 0.2) is 0 Å². The molecule has 0 spiro atoms. The van der Waals surface area contributed by atoms with Crippen molar-refractivity contribution in [1.29, 1.82) is 0 Å². The molecule has 1 rings (SSSR count). The summed E-state index contributed by atoms with van der Waals surface area (Å²) < 4.78 is 0. The fourth-order valence-electron chi connectivity index (χ4n) is 2.67. The van der Waals surface area contributed by atoms with Gasteiger partial charge in [-0.25, -0.2) is 0 Å². The molecule has 1 aliphatic rings. The largest absolute Gasteiger partial charge is 0.481 e. The van der Waals surface area contributed by atoms with Gasteiger partial charge in [0.25, 0.3) is 0 Å². The van der Waals surface area contributed by atoms with Crippen molar-refractivity contribution in [3.8, 4) is 0 Å². The molecule has 6 N–H and O–H groups in total. The molecule has 0 aromatic heterocycles. The van der Waals surface area contributed by atoms with E-state index in [9.17, 15) is 9.59 Å². The second kappa shape index (κ2) is 14.8. The molecule has 0 saturated carbocycles. The summed E-state index contributed by atoms with van der Waals surface area (Å²) >= 11 is 0. The summed E-state index contributed by atoms with van der Waals surface area (Å²) in [5.41, 5.74) is 0. The van der Waals surface area contributed by atoms with Crippen molar-refractivity contribution in [3.63, 3.8) is 0 Å². The Bertz CT molecular complexity index is 347. The maximum absolute atomic E-state index is 10.6. The van der Waals surface area contributed by atoms with Gasteiger partial charge < -0.3 is 26.2 Å². The number of nitrogens with zero attached hydrogens (tertiary/aromatic N) is 2. The normalized spacial score (nSPS) is 19.7. The van der Waals surface area contributed by atoms with Crippen LogP contribution in [0.25, 0.3) is 0 Å². The molecule has 0 aromatic carbocycles. The van der Waals surface area contributed by atoms with Crippen molar-refractivity contribution in [3.05, 3.63) is 0 Å². The summed E-state index contributed by atoms with van der Waals surface area (Å²) in [4.78, 5) is 25.7. The lowest BCUT2D eigenvalue weighted by atomic mass is 10.3. The van der Waals surface area contributed by atoms with Crippen LogP contribution >= 0.6 is 0 Å². The number of carboxylic acid groups (broad SMARTS) is 2. The van der Waals surface area contributed by atoms with Crippen LogP contribution in [-0.4, -0.2) is 97.9 Å². The second-order valence-corrected chi connectivity index (χ2v) is 6.41. The van der Waals surface area contributed by atoms with E-state index in [-0.39, 0.29) is 12.8 Å². The van der Waals surface area contributed by atoms with E-state index in [1.54, 1.807) is 0 Å². The molecule has 1 aliphatic heterocycles. The first-order chi connectivity index (χ1) is 12.6. The predicted octanol–water partition coefficient (Wildman–Crippen LogP) is -1.48. The number of aliphatic carboxylic acids is 2. The second-order valence-electron chi connectivity index (χ2n) is 6.41. The van der Waals surface area contributed by atoms with E-state index in [4.69, 9.17) is 10.2 Å². The average molecular weight is 374 g/mol. The van der Waals surface area contributed by atoms with Gasteiger partial charge >= 0.3 is 11.9 Å². The van der Waals surface area contributed by atoms with Crippen LogP contribution in [0.1, 0.15) is 25.7 Å². The Kier molecular flexibility index (Phi) is 13.0. The molecular weight excluding hydrogens is 340 g/mol. The molecule has 1 saturated heterocycles. The summed E-state index contributed by atoms with van der Waals surface area (Å²) in [6.07, 6.45) is 1.67. The Hall–Kier alpha value is -1.30. The topological polar surface area (TPSA) is 129 Å². The van der Waals surface area contributed by atoms with Gasteiger partial charge in [-0.15, -0.1) is 0 Å². The third-order valence-electron chi connectivity index (χ3n) is 4.07. The average Bonchev–Trinajstić information content (AvgIpc) is 2.58. The third-order valence-corrected chi connectivity index (χ3v) is 4.07. The molecule has 0 radical (unpaired) electrons. The van der Waals surface area contributed by atoms with E-state index >= 15 is 0 Å². The molecule has 10 heteroatoms. The lowest BCUT2D eigenvalue weighted by Crippen LogP contribution is -2.47. The van der Waals surface area contributed by atoms with Crippen molar-refractivity contribution in [1.82, 2.24) is 31.1 Å². The summed E-state index contributed by atoms with van der Waals surface area (Å²) in [6.45, 7) is 7.60. The fourth-order valence-corrected chi connectivity index (χ4v) is 2.67. The van der Waals surface area contributed by atoms with E-state index in [0.29, 0.717) is 32.8 Å². The van der Waals surface area contributed by atoms with Gasteiger partial charge in [-0.1, -0.05) is 0 Å². The van der Waals surface area contributed by atoms with Gasteiger partial charge in [-0.2, -0.15) is 0 Å². The highest BCUT2D eigenvalue weighted by Crippen LogP contribution is 1.95. The van der Waals surface area contributed by atoms with Gasteiger partial charge in [0.2, 0.25) is 0 Å². The van der Waals surface area contributed by atoms with Crippen molar-refractivity contribution < 1.29 is 19.8 Å². The number of carboxylic acids is 2. The number of hydrogen-bond acceptors (Lipinski definition) is 8. The van der Waals surface area contributed by atoms with Crippen LogP contribution in [0, 0.1) is 0 Å². The zero-order valence-corrected chi connectivity index (χ0v) is 15.5. The van der Waals surface area contributed by atoms with Gasteiger partial charge in [0.05, 0.1) is 6.67 Å². The van der Waals surface area contributed by atoms with Gasteiger partial charge in [-0.3, -0.25) is 24.7 Å². The van der Waals surface area contributed by atoms with E-state index in [1.165, 1.54) is 0 Å². The molecule has 0 aromatic rings. The zero-order valence-electron chi connectivity index (χ0n) is 15.5. The first kappa shape index (κ1) is 22.7. The van der Waals surface area contributed by atoms with E-state index < -0.39 is 11.9 Å². The van der Waals surface area contributed by atoms with E-state index in [2.05, 4.69) is 31.1 Å². The highest BCUT2D eigenvalue weighted by Gasteiger charge is 2.08. The lowest BCUT2D eigenvalue weighted by molar-refractivity contribution is -0.138. The molecule has 26 heavy (non-hydrogen) atoms. The standard InChI is InChI=1S/C16H34N6O4/c23-15(24)3-1-8-21-10-7-17-11-20-14-22(9-2-4-16(25)26)13-19-6-5-18-12-21/h17-20H,1-14H2,(H,23,24)(H,25,26). The fraction of sp³-hybridized carbons (Fsp3) is 0.875. The molecule has 0 unspecified atom stereocenters. The van der Waals surface area contributed by atoms with Gasteiger partial charge in [0, 0.05) is 65.6 Å². The minimum atomic E-state index is -0.758. The smallest absolute Gasteiger partial charge is 0.303 e. The Balaban J connectivity index is 2.31. The summed E-state index contributed by atoms with van der Waals surface area (Å²) in [7, 11) is 0. The Morgan fingerprint density at radius 1 is 0.731 bits per heavy atom. The van der Waals surface area contributed by atoms with E-state index in [1.807, 2.05) is 0 Å². The van der Waals surface area contributed by atoms with Crippen molar-refractivity contribution in [2.75, 3.05) is 65.9 Å². The number of hydrogen-bond donors (Lipinski definition) is 6. The first-order valence-electron chi connectivity index (χ1n) is 9.29. The summed E-state index contributed by atoms with van der Waals surface area (Å²) in [5, 5.41) is 30.9. The monoisotopic (exact) mass is 374 g/mol. The lowest BCUT2D eigenvalue weighted by Gasteiger charge is -2.26. The van der Waals surface area contributed by atoms with Crippen LogP contribution < -0.4 is 21.3 Å². The number of nitrogens with one attached hydrogen (secondary N) is 4. The first-order valence-corrected chi connectivity index (χ1v) is 9.29. The number of rotatable bonds is 8. The SMILES string of the molecule is O=C(O)CCCN1CCNCNCN(CCCC(=O)O)CNCCNC1. The van der Waals surface area contributed by atoms with Gasteiger partial charge in [0.15, 0.2) is 0 Å². The molecule has 0 aliphatic carbocycles. The third kappa shape index (κ3) is 13.0. The Morgan fingerprint density at radius 3 is 1.88 bits per heavy atom. The molecule has 10 nitrogen and oxygen atoms in total. The highest BCUT2D eigenvalue weighted by atomic mass is 16.4. The molecule has 0 atom stereocenters. The summed E-state index contributed by atoms with van der Waals surface area (Å²) in [5.74, 6) is -1.51. The predicted molar refractivity (Wildman–Crippen MR) is 98.6 cm³/mol. The number of carbonyl (C=O) groups is 2. The molecule has 0 amide bonds. The summed E-state index contributed by atoms with van der Waals surface area (Å²) in [6, 6.07) is 0. The molecule has 1 fully saturated rings. The van der Waals surface area contributed by atoms with Crippen molar-refractivity contribution in [2.45, 2.75) is 25.7 Å². The molecule has 1 heterocycles. The van der Waals surface area contributed by atoms with E-state index in [0.717, 1.165) is 45.9 Å². The Labute approximate surface area is 155 Å². The molecular formula is C16H34N6O4. The van der Waals surface area contributed by atoms with Gasteiger partial charge in [0.1, 0.15) is 0 Å². The van der Waals surface area contributed by atoms with Crippen molar-refractivity contribution in [2.24, 2.45) is 0 Å². The molecule has 0 bridgehead atoms. The minimum Gasteiger partial charge on any atom is -0.481 e. The van der Waals surface area contributed by atoms with Crippen LogP contribution in [0.5, 0.6) is 0 Å². The minimum absolute atomic E-state index is 0.189. The van der Waals surface area contributed by atoms with Crippen LogP contribution in [0.2, 0.25) is 0 Å². The quantitative estimate of drug-likeness (QED) is 0.299. The van der Waals surface area contributed by atoms with Gasteiger partial charge in [-0.05, 0) is 19.4 Å². The molecule has 152 valence electrons. The Morgan fingerprint density at radius 2 is 1.27 bits per heavy atom. The zero-order chi connectivity index (χ0) is 19.0. The van der Waals surface area contributed by atoms with Crippen LogP contribution in [-0.2, 0) is 9.59 Å². The van der Waals surface area contributed by atoms with Crippen LogP contribution in [0.4, 0.5) is 0 Å². The maximum Gasteiger partial charge on any atom is 0.303 e.